The quantitative estimate of drug-likeness (QED) is 0.296. The van der Waals surface area contributed by atoms with Gasteiger partial charge in [-0.05, 0) is 85.3 Å². The first-order chi connectivity index (χ1) is 18.7. The molecule has 1 saturated carbocycles. The molecule has 0 bridgehead atoms. The molecule has 2 heterocycles. The zero-order valence-electron chi connectivity index (χ0n) is 21.4. The number of rotatable bonds is 7. The summed E-state index contributed by atoms with van der Waals surface area (Å²) in [7, 11) is 0. The Kier molecular flexibility index (Phi) is 5.79. The van der Waals surface area contributed by atoms with E-state index in [1.165, 1.54) is 12.1 Å². The second-order valence-electron chi connectivity index (χ2n) is 9.99. The zero-order valence-corrected chi connectivity index (χ0v) is 21.4. The monoisotopic (exact) mass is 524 g/mol. The molecule has 5 aromatic rings. The molecular weight excluding hydrogens is 499 g/mol. The van der Waals surface area contributed by atoms with Crippen LogP contribution in [0.4, 0.5) is 4.39 Å². The number of aryl methyl sites for hydroxylation is 2. The van der Waals surface area contributed by atoms with E-state index in [-0.39, 0.29) is 17.3 Å². The number of furan rings is 1. The second kappa shape index (κ2) is 9.20. The summed E-state index contributed by atoms with van der Waals surface area (Å²) in [4.78, 5) is 30.0. The lowest BCUT2D eigenvalue weighted by Gasteiger charge is -2.14. The molecule has 6 rings (SSSR count). The van der Waals surface area contributed by atoms with Gasteiger partial charge in [-0.3, -0.25) is 9.59 Å². The first kappa shape index (κ1) is 24.5. The van der Waals surface area contributed by atoms with Crippen LogP contribution in [-0.2, 0) is 12.0 Å². The largest absolute Gasteiger partial charge is 0.460 e. The number of halogens is 1. The highest BCUT2D eigenvalue weighted by atomic mass is 19.1. The van der Waals surface area contributed by atoms with Crippen molar-refractivity contribution in [1.82, 2.24) is 15.5 Å². The van der Waals surface area contributed by atoms with Crippen LogP contribution >= 0.6 is 0 Å². The molecule has 3 aromatic carbocycles. The van der Waals surface area contributed by atoms with Gasteiger partial charge in [-0.15, -0.1) is 0 Å². The molecule has 1 fully saturated rings. The molecule has 0 spiro atoms. The lowest BCUT2D eigenvalue weighted by molar-refractivity contribution is 0.0920. The van der Waals surface area contributed by atoms with E-state index in [1.807, 2.05) is 31.2 Å². The van der Waals surface area contributed by atoms with Gasteiger partial charge < -0.3 is 20.0 Å². The molecule has 9 heteroatoms. The third-order valence-electron chi connectivity index (χ3n) is 7.14. The maximum absolute atomic E-state index is 13.3. The molecule has 1 aliphatic carbocycles. The van der Waals surface area contributed by atoms with Crippen molar-refractivity contribution in [3.8, 4) is 11.1 Å². The number of fused-ring (bicyclic) bond motifs is 1. The number of amides is 2. The van der Waals surface area contributed by atoms with E-state index in [1.54, 1.807) is 31.2 Å². The van der Waals surface area contributed by atoms with E-state index in [0.717, 1.165) is 35.1 Å². The number of carbonyl (C=O) groups is 2. The fraction of sp³-hybridized carbons (Fsp3) is 0.200. The predicted molar refractivity (Wildman–Crippen MR) is 142 cm³/mol. The van der Waals surface area contributed by atoms with Crippen molar-refractivity contribution in [2.45, 2.75) is 38.6 Å². The summed E-state index contributed by atoms with van der Waals surface area (Å²) in [6.45, 7) is 3.69. The Morgan fingerprint density at radius 3 is 2.49 bits per heavy atom. The van der Waals surface area contributed by atoms with Crippen LogP contribution in [0.25, 0.3) is 22.1 Å². The van der Waals surface area contributed by atoms with Crippen LogP contribution in [0.1, 0.15) is 62.2 Å². The van der Waals surface area contributed by atoms with Gasteiger partial charge >= 0.3 is 0 Å². The summed E-state index contributed by atoms with van der Waals surface area (Å²) in [5, 5.41) is 7.49. The van der Waals surface area contributed by atoms with E-state index in [2.05, 4.69) is 15.5 Å². The highest BCUT2D eigenvalue weighted by Gasteiger charge is 2.50. The van der Waals surface area contributed by atoms with Crippen molar-refractivity contribution in [1.29, 1.82) is 0 Å². The van der Waals surface area contributed by atoms with Crippen LogP contribution in [-0.4, -0.2) is 22.0 Å². The number of nitrogens with two attached hydrogens (primary N) is 1. The van der Waals surface area contributed by atoms with Gasteiger partial charge in [0.15, 0.2) is 5.82 Å². The number of aromatic nitrogens is 2. The van der Waals surface area contributed by atoms with Gasteiger partial charge in [0.05, 0.1) is 5.56 Å². The lowest BCUT2D eigenvalue weighted by Crippen LogP contribution is -2.35. The van der Waals surface area contributed by atoms with Gasteiger partial charge in [0.25, 0.3) is 17.7 Å². The summed E-state index contributed by atoms with van der Waals surface area (Å²) in [6, 6.07) is 17.0. The molecule has 3 N–H and O–H groups in total. The van der Waals surface area contributed by atoms with Gasteiger partial charge in [0, 0.05) is 17.4 Å². The summed E-state index contributed by atoms with van der Waals surface area (Å²) in [5.74, 6) is 0.159. The van der Waals surface area contributed by atoms with E-state index in [0.29, 0.717) is 40.4 Å². The van der Waals surface area contributed by atoms with Gasteiger partial charge in [-0.2, -0.15) is 4.98 Å². The molecular formula is C30H25FN4O4. The molecule has 0 unspecified atom stereocenters. The summed E-state index contributed by atoms with van der Waals surface area (Å²) in [6.07, 6.45) is 1.75. The number of nitrogens with one attached hydrogen (secondary N) is 1. The SMILES string of the molecule is Cc1noc(C2(NC(=O)c3ccc(C)c(-c4ccc5oc(Cc6ccc(F)cc6)c(C(N)=O)c5c4)c3)CC2)n1. The van der Waals surface area contributed by atoms with Crippen molar-refractivity contribution in [3.63, 3.8) is 0 Å². The van der Waals surface area contributed by atoms with Crippen molar-refractivity contribution < 1.29 is 22.9 Å². The van der Waals surface area contributed by atoms with Crippen LogP contribution in [0, 0.1) is 19.7 Å². The van der Waals surface area contributed by atoms with Crippen LogP contribution in [0.5, 0.6) is 0 Å². The van der Waals surface area contributed by atoms with Crippen molar-refractivity contribution in [2.75, 3.05) is 0 Å². The topological polar surface area (TPSA) is 124 Å². The number of benzene rings is 3. The van der Waals surface area contributed by atoms with Gasteiger partial charge in [0.2, 0.25) is 0 Å². The van der Waals surface area contributed by atoms with Gasteiger partial charge in [0.1, 0.15) is 22.7 Å². The maximum Gasteiger partial charge on any atom is 0.252 e. The van der Waals surface area contributed by atoms with Crippen LogP contribution in [0.15, 0.2) is 69.6 Å². The smallest absolute Gasteiger partial charge is 0.252 e. The molecule has 0 saturated heterocycles. The number of primary amides is 1. The number of carbonyl (C=O) groups excluding carboxylic acids is 2. The second-order valence-corrected chi connectivity index (χ2v) is 9.99. The molecule has 2 aromatic heterocycles. The standard InChI is InChI=1S/C30H25FN4O4/c1-16-3-6-20(28(37)34-30(11-12-30)29-33-17(2)35-39-29)15-22(16)19-7-10-24-23(14-19)26(27(32)36)25(38-24)13-18-4-8-21(31)9-5-18/h3-10,14-15H,11-13H2,1-2H3,(H2,32,36)(H,34,37). The summed E-state index contributed by atoms with van der Waals surface area (Å²) >= 11 is 0. The van der Waals surface area contributed by atoms with Crippen molar-refractivity contribution in [2.24, 2.45) is 5.73 Å². The first-order valence-electron chi connectivity index (χ1n) is 12.6. The molecule has 1 aliphatic rings. The fourth-order valence-electron chi connectivity index (χ4n) is 4.87. The predicted octanol–water partition coefficient (Wildman–Crippen LogP) is 5.35. The summed E-state index contributed by atoms with van der Waals surface area (Å²) < 4.78 is 24.7. The third kappa shape index (κ3) is 4.56. The van der Waals surface area contributed by atoms with E-state index in [4.69, 9.17) is 14.7 Å². The van der Waals surface area contributed by atoms with Gasteiger partial charge in [-0.25, -0.2) is 4.39 Å². The highest BCUT2D eigenvalue weighted by molar-refractivity contribution is 6.07. The zero-order chi connectivity index (χ0) is 27.3. The van der Waals surface area contributed by atoms with Crippen LogP contribution in [0.2, 0.25) is 0 Å². The lowest BCUT2D eigenvalue weighted by atomic mass is 9.95. The minimum Gasteiger partial charge on any atom is -0.460 e. The molecule has 2 amide bonds. The molecule has 196 valence electrons. The Morgan fingerprint density at radius 2 is 1.82 bits per heavy atom. The Labute approximate surface area is 223 Å². The minimum atomic E-state index is -0.629. The van der Waals surface area contributed by atoms with E-state index < -0.39 is 11.4 Å². The Bertz CT molecular complexity index is 1750. The Balaban J connectivity index is 1.33. The number of nitrogens with zero attached hydrogens (tertiary/aromatic N) is 2. The molecule has 0 aliphatic heterocycles. The third-order valence-corrected chi connectivity index (χ3v) is 7.14. The maximum atomic E-state index is 13.3. The Morgan fingerprint density at radius 1 is 1.05 bits per heavy atom. The van der Waals surface area contributed by atoms with E-state index >= 15 is 0 Å². The average molecular weight is 525 g/mol. The first-order valence-corrected chi connectivity index (χ1v) is 12.6. The minimum absolute atomic E-state index is 0.242. The number of hydrogen-bond donors (Lipinski definition) is 2. The van der Waals surface area contributed by atoms with E-state index in [9.17, 15) is 14.0 Å². The van der Waals surface area contributed by atoms with Crippen LogP contribution in [0.3, 0.4) is 0 Å². The van der Waals surface area contributed by atoms with Crippen molar-refractivity contribution in [3.05, 3.63) is 106 Å². The van der Waals surface area contributed by atoms with Crippen LogP contribution < -0.4 is 11.1 Å². The Hall–Kier alpha value is -4.79. The average Bonchev–Trinajstić information content (AvgIpc) is 3.39. The summed E-state index contributed by atoms with van der Waals surface area (Å²) in [5.41, 5.74) is 9.81. The molecule has 0 radical (unpaired) electrons. The molecule has 0 atom stereocenters. The van der Waals surface area contributed by atoms with Crippen molar-refractivity contribution >= 4 is 22.8 Å². The fourth-order valence-corrected chi connectivity index (χ4v) is 4.87. The number of hydrogen-bond acceptors (Lipinski definition) is 6. The highest BCUT2D eigenvalue weighted by Crippen LogP contribution is 2.45. The normalized spacial score (nSPS) is 13.9. The van der Waals surface area contributed by atoms with Gasteiger partial charge in [-0.1, -0.05) is 29.4 Å². The molecule has 39 heavy (non-hydrogen) atoms. The molecule has 8 nitrogen and oxygen atoms in total.